The minimum Gasteiger partial charge on any atom is -0.378 e. The predicted molar refractivity (Wildman–Crippen MR) is 69.3 cm³/mol. The Morgan fingerprint density at radius 2 is 2.35 bits per heavy atom. The molecule has 2 N–H and O–H groups in total. The molecular weight excluding hydrogens is 283 g/mol. The summed E-state index contributed by atoms with van der Waals surface area (Å²) >= 11 is 12.9. The Bertz CT molecular complexity index is 424. The van der Waals surface area contributed by atoms with E-state index in [1.165, 1.54) is 11.3 Å². The van der Waals surface area contributed by atoms with Gasteiger partial charge in [0.15, 0.2) is 0 Å². The maximum Gasteiger partial charge on any atom is 0.254 e. The normalized spacial score (nSPS) is 23.9. The number of hydrogen-bond acceptors (Lipinski definition) is 4. The molecule has 4 nitrogen and oxygen atoms in total. The minimum absolute atomic E-state index is 0.00756. The van der Waals surface area contributed by atoms with Crippen molar-refractivity contribution in [2.45, 2.75) is 12.1 Å². The summed E-state index contributed by atoms with van der Waals surface area (Å²) in [5, 5.41) is 6.04. The molecule has 1 aromatic heterocycles. The second-order valence-electron chi connectivity index (χ2n) is 3.75. The molecule has 0 bridgehead atoms. The van der Waals surface area contributed by atoms with E-state index < -0.39 is 0 Å². The van der Waals surface area contributed by atoms with Gasteiger partial charge in [-0.25, -0.2) is 0 Å². The van der Waals surface area contributed by atoms with Crippen molar-refractivity contribution < 1.29 is 9.53 Å². The number of amides is 1. The first-order valence-corrected chi connectivity index (χ1v) is 6.68. The molecular formula is C10H12Cl2N2O2S. The molecule has 2 heterocycles. The molecule has 1 aromatic rings. The van der Waals surface area contributed by atoms with Gasteiger partial charge in [0.2, 0.25) is 0 Å². The number of rotatable bonds is 3. The molecule has 1 aliphatic heterocycles. The number of halogens is 2. The van der Waals surface area contributed by atoms with Crippen molar-refractivity contribution in [2.75, 3.05) is 20.2 Å². The van der Waals surface area contributed by atoms with E-state index in [2.05, 4.69) is 10.6 Å². The van der Waals surface area contributed by atoms with Crippen molar-refractivity contribution in [3.63, 3.8) is 0 Å². The standard InChI is InChI=1S/C10H12Cl2N2O2S/c1-16-7-4-13-3-6(7)14-10(15)5-2-8(11)17-9(5)12/h2,6-7,13H,3-4H2,1H3,(H,14,15)/t6?,7-/m0/s1. The first-order chi connectivity index (χ1) is 8.11. The molecule has 1 amide bonds. The van der Waals surface area contributed by atoms with Gasteiger partial charge >= 0.3 is 0 Å². The van der Waals surface area contributed by atoms with Crippen molar-refractivity contribution in [1.82, 2.24) is 10.6 Å². The summed E-state index contributed by atoms with van der Waals surface area (Å²) in [6.07, 6.45) is -0.00756. The van der Waals surface area contributed by atoms with Crippen LogP contribution in [0.1, 0.15) is 10.4 Å². The van der Waals surface area contributed by atoms with Gasteiger partial charge in [-0.1, -0.05) is 23.2 Å². The van der Waals surface area contributed by atoms with Gasteiger partial charge in [0.25, 0.3) is 5.91 Å². The Labute approximate surface area is 113 Å². The zero-order chi connectivity index (χ0) is 12.4. The number of nitrogens with one attached hydrogen (secondary N) is 2. The third kappa shape index (κ3) is 2.92. The molecule has 0 radical (unpaired) electrons. The van der Waals surface area contributed by atoms with Crippen LogP contribution in [-0.2, 0) is 4.74 Å². The maximum absolute atomic E-state index is 12.0. The molecule has 0 spiro atoms. The predicted octanol–water partition coefficient (Wildman–Crippen LogP) is 1.77. The summed E-state index contributed by atoms with van der Waals surface area (Å²) in [5.41, 5.74) is 0.420. The monoisotopic (exact) mass is 294 g/mol. The quantitative estimate of drug-likeness (QED) is 0.893. The number of carbonyl (C=O) groups excluding carboxylic acids is 1. The van der Waals surface area contributed by atoms with Gasteiger partial charge in [-0.15, -0.1) is 11.3 Å². The Morgan fingerprint density at radius 1 is 1.59 bits per heavy atom. The highest BCUT2D eigenvalue weighted by Crippen LogP contribution is 2.31. The van der Waals surface area contributed by atoms with Crippen LogP contribution in [0, 0.1) is 0 Å². The summed E-state index contributed by atoms with van der Waals surface area (Å²) in [7, 11) is 1.63. The third-order valence-electron chi connectivity index (χ3n) is 2.68. The highest BCUT2D eigenvalue weighted by molar-refractivity contribution is 7.20. The second kappa shape index (κ2) is 5.54. The van der Waals surface area contributed by atoms with Crippen LogP contribution in [0.25, 0.3) is 0 Å². The van der Waals surface area contributed by atoms with Gasteiger partial charge in [-0.3, -0.25) is 4.79 Å². The van der Waals surface area contributed by atoms with E-state index in [-0.39, 0.29) is 18.1 Å². The van der Waals surface area contributed by atoms with Crippen molar-refractivity contribution in [3.8, 4) is 0 Å². The van der Waals surface area contributed by atoms with Crippen molar-refractivity contribution >= 4 is 40.4 Å². The van der Waals surface area contributed by atoms with Crippen LogP contribution >= 0.6 is 34.5 Å². The average Bonchev–Trinajstić information content (AvgIpc) is 2.84. The summed E-state index contributed by atoms with van der Waals surface area (Å²) < 4.78 is 6.18. The summed E-state index contributed by atoms with van der Waals surface area (Å²) in [5.74, 6) is -0.214. The summed E-state index contributed by atoms with van der Waals surface area (Å²) in [6, 6.07) is 1.54. The molecule has 0 aromatic carbocycles. The van der Waals surface area contributed by atoms with Crippen LogP contribution in [0.2, 0.25) is 8.67 Å². The van der Waals surface area contributed by atoms with E-state index >= 15 is 0 Å². The molecule has 17 heavy (non-hydrogen) atoms. The molecule has 1 aliphatic rings. The Morgan fingerprint density at radius 3 is 2.94 bits per heavy atom. The number of carbonyl (C=O) groups is 1. The van der Waals surface area contributed by atoms with Crippen LogP contribution in [0.5, 0.6) is 0 Å². The van der Waals surface area contributed by atoms with Crippen LogP contribution < -0.4 is 10.6 Å². The van der Waals surface area contributed by atoms with E-state index in [1.54, 1.807) is 13.2 Å². The van der Waals surface area contributed by atoms with Crippen LogP contribution in [0.3, 0.4) is 0 Å². The van der Waals surface area contributed by atoms with Gasteiger partial charge in [0, 0.05) is 20.2 Å². The molecule has 2 rings (SSSR count). The molecule has 0 aliphatic carbocycles. The van der Waals surface area contributed by atoms with Crippen LogP contribution in [-0.4, -0.2) is 38.3 Å². The minimum atomic E-state index is -0.214. The fraction of sp³-hybridized carbons (Fsp3) is 0.500. The number of thiophene rings is 1. The van der Waals surface area contributed by atoms with Gasteiger partial charge in [-0.2, -0.15) is 0 Å². The molecule has 1 fully saturated rings. The zero-order valence-corrected chi connectivity index (χ0v) is 11.5. The topological polar surface area (TPSA) is 50.4 Å². The largest absolute Gasteiger partial charge is 0.378 e. The van der Waals surface area contributed by atoms with Crippen molar-refractivity contribution in [3.05, 3.63) is 20.3 Å². The SMILES string of the molecule is CO[C@H]1CNCC1NC(=O)c1cc(Cl)sc1Cl. The smallest absolute Gasteiger partial charge is 0.254 e. The van der Waals surface area contributed by atoms with E-state index in [0.29, 0.717) is 20.8 Å². The average molecular weight is 295 g/mol. The fourth-order valence-electron chi connectivity index (χ4n) is 1.79. The first kappa shape index (κ1) is 13.1. The molecule has 1 saturated heterocycles. The second-order valence-corrected chi connectivity index (χ2v) is 6.04. The Balaban J connectivity index is 2.04. The lowest BCUT2D eigenvalue weighted by atomic mass is 10.2. The van der Waals surface area contributed by atoms with E-state index in [0.717, 1.165) is 6.54 Å². The lowest BCUT2D eigenvalue weighted by molar-refractivity contribution is 0.0780. The van der Waals surface area contributed by atoms with E-state index in [4.69, 9.17) is 27.9 Å². The lowest BCUT2D eigenvalue weighted by Crippen LogP contribution is -2.43. The maximum atomic E-state index is 12.0. The molecule has 0 saturated carbocycles. The molecule has 1 unspecified atom stereocenters. The van der Waals surface area contributed by atoms with Gasteiger partial charge < -0.3 is 15.4 Å². The van der Waals surface area contributed by atoms with E-state index in [1.807, 2.05) is 0 Å². The summed E-state index contributed by atoms with van der Waals surface area (Å²) in [4.78, 5) is 12.0. The van der Waals surface area contributed by atoms with Crippen molar-refractivity contribution in [2.24, 2.45) is 0 Å². The zero-order valence-electron chi connectivity index (χ0n) is 9.13. The number of ether oxygens (including phenoxy) is 1. The Hall–Kier alpha value is -0.330. The third-order valence-corrected chi connectivity index (χ3v) is 4.17. The molecule has 94 valence electrons. The lowest BCUT2D eigenvalue weighted by Gasteiger charge is -2.18. The fourth-order valence-corrected chi connectivity index (χ4v) is 3.25. The highest BCUT2D eigenvalue weighted by atomic mass is 35.5. The number of hydrogen-bond donors (Lipinski definition) is 2. The summed E-state index contributed by atoms with van der Waals surface area (Å²) in [6.45, 7) is 1.43. The molecule has 7 heteroatoms. The molecule has 2 atom stereocenters. The highest BCUT2D eigenvalue weighted by Gasteiger charge is 2.29. The van der Waals surface area contributed by atoms with Gasteiger partial charge in [0.1, 0.15) is 4.34 Å². The van der Waals surface area contributed by atoms with Crippen molar-refractivity contribution in [1.29, 1.82) is 0 Å². The Kier molecular flexibility index (Phi) is 4.27. The van der Waals surface area contributed by atoms with E-state index in [9.17, 15) is 4.79 Å². The van der Waals surface area contributed by atoms with Gasteiger partial charge in [-0.05, 0) is 6.07 Å². The van der Waals surface area contributed by atoms with Crippen LogP contribution in [0.15, 0.2) is 6.07 Å². The van der Waals surface area contributed by atoms with Crippen LogP contribution in [0.4, 0.5) is 0 Å². The number of methoxy groups -OCH3 is 1. The first-order valence-electron chi connectivity index (χ1n) is 5.11. The van der Waals surface area contributed by atoms with Gasteiger partial charge in [0.05, 0.1) is 22.0 Å².